The van der Waals surface area contributed by atoms with Gasteiger partial charge in [0, 0.05) is 22.7 Å². The lowest BCUT2D eigenvalue weighted by Crippen LogP contribution is -2.22. The van der Waals surface area contributed by atoms with Gasteiger partial charge < -0.3 is 21.7 Å². The highest BCUT2D eigenvalue weighted by atomic mass is 35.5. The molecule has 0 spiro atoms. The molecule has 186 valence electrons. The molecule has 0 saturated carbocycles. The number of benzene rings is 2. The van der Waals surface area contributed by atoms with Gasteiger partial charge in [0.25, 0.3) is 10.0 Å². The fourth-order valence-electron chi connectivity index (χ4n) is 2.48. The summed E-state index contributed by atoms with van der Waals surface area (Å²) >= 11 is 6.11. The number of carboxylic acid groups (broad SMARTS) is 2. The molecule has 0 amide bonds. The van der Waals surface area contributed by atoms with Crippen LogP contribution in [0.4, 0.5) is 24.7 Å². The number of aromatic carboxylic acids is 1. The van der Waals surface area contributed by atoms with E-state index in [1.165, 1.54) is 48.7 Å². The Kier molecular flexibility index (Phi) is 8.09. The molecule has 0 unspecified atom stereocenters. The first-order valence-corrected chi connectivity index (χ1v) is 10.8. The summed E-state index contributed by atoms with van der Waals surface area (Å²) in [6.45, 7) is 0. The average molecular weight is 534 g/mol. The van der Waals surface area contributed by atoms with Crippen molar-refractivity contribution >= 4 is 61.8 Å². The van der Waals surface area contributed by atoms with Gasteiger partial charge in [-0.2, -0.15) is 18.2 Å². The Balaban J connectivity index is 0.000000540. The zero-order chi connectivity index (χ0) is 26.6. The Bertz CT molecular complexity index is 1430. The summed E-state index contributed by atoms with van der Waals surface area (Å²) in [5.41, 5.74) is 10.8. The molecule has 0 aliphatic rings. The van der Waals surface area contributed by atoms with Crippen molar-refractivity contribution in [3.8, 4) is 0 Å². The standard InChI is InChI=1S/C17H14ClN5O4S.C2HF3O2/c18-14-8-21-15(22-17(19)20)13-7-11(4-5-12(13)14)28(26,27)23-10-3-1-2-9(6-10)16(24)25;3-2(4,5)1(6)7/h1-8,23H,(H,24,25)(H4,19,20,21,22);(H,6,7). The fraction of sp³-hybridized carbons (Fsp3) is 0.0526. The summed E-state index contributed by atoms with van der Waals surface area (Å²) in [7, 11) is -4.03. The first kappa shape index (κ1) is 27.1. The second-order valence-electron chi connectivity index (χ2n) is 6.47. The van der Waals surface area contributed by atoms with E-state index in [0.717, 1.165) is 0 Å². The number of anilines is 1. The second kappa shape index (κ2) is 10.4. The molecule has 0 atom stereocenters. The third kappa shape index (κ3) is 7.18. The zero-order valence-corrected chi connectivity index (χ0v) is 18.7. The number of hydrogen-bond acceptors (Lipinski definition) is 6. The maximum Gasteiger partial charge on any atom is 0.490 e. The summed E-state index contributed by atoms with van der Waals surface area (Å²) < 4.78 is 59.6. The number of aliphatic carboxylic acids is 1. The van der Waals surface area contributed by atoms with Crippen LogP contribution in [0.3, 0.4) is 0 Å². The highest BCUT2D eigenvalue weighted by Gasteiger charge is 2.38. The molecule has 0 aliphatic heterocycles. The highest BCUT2D eigenvalue weighted by Crippen LogP contribution is 2.32. The predicted molar refractivity (Wildman–Crippen MR) is 120 cm³/mol. The zero-order valence-electron chi connectivity index (χ0n) is 17.1. The number of carbonyl (C=O) groups is 2. The largest absolute Gasteiger partial charge is 0.490 e. The number of rotatable bonds is 5. The van der Waals surface area contributed by atoms with Gasteiger partial charge in [-0.25, -0.2) is 23.0 Å². The van der Waals surface area contributed by atoms with Crippen LogP contribution in [0.25, 0.3) is 10.8 Å². The van der Waals surface area contributed by atoms with E-state index in [9.17, 15) is 26.4 Å². The summed E-state index contributed by atoms with van der Waals surface area (Å²) in [5.74, 6) is -4.06. The van der Waals surface area contributed by atoms with Crippen LogP contribution in [0.5, 0.6) is 0 Å². The quantitative estimate of drug-likeness (QED) is 0.241. The molecule has 0 bridgehead atoms. The molecule has 0 fully saturated rings. The normalized spacial score (nSPS) is 11.2. The first-order chi connectivity index (χ1) is 16.1. The summed E-state index contributed by atoms with van der Waals surface area (Å²) in [5, 5.41) is 17.3. The number of pyridine rings is 1. The Morgan fingerprint density at radius 3 is 2.23 bits per heavy atom. The number of halogens is 4. The molecule has 16 heteroatoms. The number of hydrogen-bond donors (Lipinski definition) is 5. The molecule has 0 radical (unpaired) electrons. The highest BCUT2D eigenvalue weighted by molar-refractivity contribution is 7.92. The van der Waals surface area contributed by atoms with Gasteiger partial charge in [0.2, 0.25) is 0 Å². The van der Waals surface area contributed by atoms with Gasteiger partial charge in [-0.3, -0.25) is 4.72 Å². The first-order valence-electron chi connectivity index (χ1n) is 8.96. The Morgan fingerprint density at radius 1 is 1.06 bits per heavy atom. The molecule has 11 nitrogen and oxygen atoms in total. The van der Waals surface area contributed by atoms with Crippen LogP contribution in [0.1, 0.15) is 10.4 Å². The third-order valence-corrected chi connectivity index (χ3v) is 5.62. The van der Waals surface area contributed by atoms with Crippen molar-refractivity contribution < 1.29 is 41.4 Å². The number of nitrogens with zero attached hydrogens (tertiary/aromatic N) is 2. The van der Waals surface area contributed by atoms with Crippen LogP contribution in [-0.2, 0) is 14.8 Å². The number of sulfonamides is 1. The minimum absolute atomic E-state index is 0.0512. The van der Waals surface area contributed by atoms with E-state index in [-0.39, 0.29) is 27.9 Å². The van der Waals surface area contributed by atoms with Crippen molar-refractivity contribution in [1.29, 1.82) is 0 Å². The van der Waals surface area contributed by atoms with Gasteiger partial charge >= 0.3 is 18.1 Å². The molecular weight excluding hydrogens is 519 g/mol. The lowest BCUT2D eigenvalue weighted by atomic mass is 10.1. The smallest absolute Gasteiger partial charge is 0.478 e. The summed E-state index contributed by atoms with van der Waals surface area (Å²) in [6.07, 6.45) is -3.73. The molecule has 1 aromatic heterocycles. The number of alkyl halides is 3. The van der Waals surface area contributed by atoms with Crippen molar-refractivity contribution in [2.75, 3.05) is 4.72 Å². The Morgan fingerprint density at radius 2 is 1.69 bits per heavy atom. The molecular formula is C19H15ClF3N5O6S. The van der Waals surface area contributed by atoms with Crippen LogP contribution in [0, 0.1) is 0 Å². The molecule has 7 N–H and O–H groups in total. The van der Waals surface area contributed by atoms with Gasteiger partial charge in [-0.1, -0.05) is 23.7 Å². The van der Waals surface area contributed by atoms with Crippen LogP contribution in [-0.4, -0.2) is 47.7 Å². The van der Waals surface area contributed by atoms with Crippen LogP contribution in [0.2, 0.25) is 5.02 Å². The number of guanidine groups is 1. The number of aromatic nitrogens is 1. The molecule has 3 rings (SSSR count). The minimum atomic E-state index is -5.08. The Labute approximate surface area is 199 Å². The van der Waals surface area contributed by atoms with Crippen LogP contribution in [0.15, 0.2) is 58.5 Å². The molecule has 2 aromatic carbocycles. The Hall–Kier alpha value is -4.11. The maximum absolute atomic E-state index is 12.7. The fourth-order valence-corrected chi connectivity index (χ4v) is 3.77. The predicted octanol–water partition coefficient (Wildman–Crippen LogP) is 2.93. The van der Waals surface area contributed by atoms with Crippen LogP contribution < -0.4 is 16.2 Å². The van der Waals surface area contributed by atoms with E-state index in [0.29, 0.717) is 15.8 Å². The van der Waals surface area contributed by atoms with E-state index in [1.807, 2.05) is 0 Å². The van der Waals surface area contributed by atoms with Crippen molar-refractivity contribution in [3.63, 3.8) is 0 Å². The van der Waals surface area contributed by atoms with E-state index in [4.69, 9.17) is 38.1 Å². The topological polar surface area (TPSA) is 198 Å². The van der Waals surface area contributed by atoms with Crippen molar-refractivity contribution in [2.24, 2.45) is 16.5 Å². The van der Waals surface area contributed by atoms with Gasteiger partial charge in [0.15, 0.2) is 11.8 Å². The number of fused-ring (bicyclic) bond motifs is 1. The van der Waals surface area contributed by atoms with Gasteiger partial charge in [-0.15, -0.1) is 0 Å². The van der Waals surface area contributed by atoms with E-state index in [1.54, 1.807) is 0 Å². The third-order valence-electron chi connectivity index (χ3n) is 3.94. The minimum Gasteiger partial charge on any atom is -0.478 e. The van der Waals surface area contributed by atoms with Gasteiger partial charge in [-0.05, 0) is 30.3 Å². The van der Waals surface area contributed by atoms with Crippen molar-refractivity contribution in [2.45, 2.75) is 11.1 Å². The molecule has 1 heterocycles. The average Bonchev–Trinajstić information content (AvgIpc) is 2.75. The second-order valence-corrected chi connectivity index (χ2v) is 8.56. The SMILES string of the molecule is NC(N)=Nc1ncc(Cl)c2ccc(S(=O)(=O)Nc3cccc(C(=O)O)c3)cc12.O=C(O)C(F)(F)F. The monoisotopic (exact) mass is 533 g/mol. The number of carboxylic acids is 2. The number of nitrogens with one attached hydrogen (secondary N) is 1. The van der Waals surface area contributed by atoms with E-state index < -0.39 is 28.1 Å². The number of aliphatic imine (C=N–C) groups is 1. The molecule has 0 aliphatic carbocycles. The molecule has 0 saturated heterocycles. The lowest BCUT2D eigenvalue weighted by molar-refractivity contribution is -0.192. The van der Waals surface area contributed by atoms with Crippen molar-refractivity contribution in [3.05, 3.63) is 59.2 Å². The van der Waals surface area contributed by atoms with E-state index in [2.05, 4.69) is 14.7 Å². The lowest BCUT2D eigenvalue weighted by Gasteiger charge is -2.11. The molecule has 3 aromatic rings. The van der Waals surface area contributed by atoms with Crippen LogP contribution >= 0.6 is 11.6 Å². The van der Waals surface area contributed by atoms with Gasteiger partial charge in [0.1, 0.15) is 0 Å². The van der Waals surface area contributed by atoms with E-state index >= 15 is 0 Å². The summed E-state index contributed by atoms with van der Waals surface area (Å²) in [4.78, 5) is 27.8. The maximum atomic E-state index is 12.7. The van der Waals surface area contributed by atoms with Gasteiger partial charge in [0.05, 0.1) is 15.5 Å². The summed E-state index contributed by atoms with van der Waals surface area (Å²) in [6, 6.07) is 9.63. The molecule has 35 heavy (non-hydrogen) atoms. The number of nitrogens with two attached hydrogens (primary N) is 2. The van der Waals surface area contributed by atoms with Crippen molar-refractivity contribution in [1.82, 2.24) is 4.98 Å².